The van der Waals surface area contributed by atoms with E-state index in [0.717, 1.165) is 12.8 Å². The van der Waals surface area contributed by atoms with Crippen LogP contribution in [0.15, 0.2) is 60.7 Å². The first-order valence-electron chi connectivity index (χ1n) is 20.4. The molecule has 2 bridgehead atoms. The molecule has 1 saturated heterocycles. The third-order valence-corrected chi connectivity index (χ3v) is 13.2. The number of benzene rings is 3. The van der Waals surface area contributed by atoms with E-state index < -0.39 is 54.6 Å². The van der Waals surface area contributed by atoms with Crippen molar-refractivity contribution < 1.29 is 38.9 Å². The van der Waals surface area contributed by atoms with Crippen LogP contribution in [0.25, 0.3) is 11.1 Å². The van der Waals surface area contributed by atoms with Gasteiger partial charge in [-0.2, -0.15) is 5.06 Å². The number of hydrogen-bond acceptors (Lipinski definition) is 10. The van der Waals surface area contributed by atoms with Gasteiger partial charge in [-0.25, -0.2) is 4.39 Å². The van der Waals surface area contributed by atoms with Gasteiger partial charge in [0.2, 0.25) is 5.91 Å². The summed E-state index contributed by atoms with van der Waals surface area (Å²) in [6, 6.07) is 15.7. The second-order valence-electron chi connectivity index (χ2n) is 17.7. The highest BCUT2D eigenvalue weighted by Crippen LogP contribution is 2.61. The van der Waals surface area contributed by atoms with Gasteiger partial charge >= 0.3 is 0 Å². The van der Waals surface area contributed by atoms with Gasteiger partial charge in [0.15, 0.2) is 0 Å². The van der Waals surface area contributed by atoms with Crippen molar-refractivity contribution in [3.05, 3.63) is 83.2 Å². The number of nitrogens with one attached hydrogen (secondary N) is 2. The smallest absolute Gasteiger partial charge is 0.251 e. The minimum Gasteiger partial charge on any atom is -0.496 e. The first kappa shape index (κ1) is 43.5. The second-order valence-corrected chi connectivity index (χ2v) is 17.7. The Morgan fingerprint density at radius 1 is 1.05 bits per heavy atom. The van der Waals surface area contributed by atoms with Gasteiger partial charge in [0.05, 0.1) is 32.4 Å². The van der Waals surface area contributed by atoms with Crippen LogP contribution in [0.5, 0.6) is 5.75 Å². The first-order chi connectivity index (χ1) is 27.5. The fraction of sp³-hybridized carbons (Fsp3) is 0.556. The Labute approximate surface area is 342 Å². The fourth-order valence-corrected chi connectivity index (χ4v) is 9.76. The van der Waals surface area contributed by atoms with Crippen molar-refractivity contribution in [3.63, 3.8) is 0 Å². The number of fused-ring (bicyclic) bond motifs is 2. The number of carbonyl (C=O) groups excluding carboxylic acids is 2. The first-order valence-corrected chi connectivity index (χ1v) is 20.4. The molecule has 12 nitrogen and oxygen atoms in total. The number of rotatable bonds is 15. The molecular formula is C45H62FN5O7. The highest BCUT2D eigenvalue weighted by Gasteiger charge is 2.57. The Balaban J connectivity index is 1.32. The summed E-state index contributed by atoms with van der Waals surface area (Å²) in [7, 11) is 8.88. The number of halogens is 1. The zero-order valence-electron chi connectivity index (χ0n) is 35.3. The number of aliphatic hydroxyl groups is 3. The lowest BCUT2D eigenvalue weighted by molar-refractivity contribution is -0.183. The Bertz CT molecular complexity index is 1930. The summed E-state index contributed by atoms with van der Waals surface area (Å²) in [4.78, 5) is 38.3. The van der Waals surface area contributed by atoms with Crippen LogP contribution in [0.3, 0.4) is 0 Å². The quantitative estimate of drug-likeness (QED) is 0.148. The molecule has 0 aromatic heterocycles. The van der Waals surface area contributed by atoms with Crippen molar-refractivity contribution >= 4 is 17.5 Å². The van der Waals surface area contributed by atoms with Crippen LogP contribution in [0.1, 0.15) is 68.1 Å². The van der Waals surface area contributed by atoms with Crippen LogP contribution in [-0.2, 0) is 16.2 Å². The number of amides is 2. The van der Waals surface area contributed by atoms with Gasteiger partial charge in [0.25, 0.3) is 5.91 Å². The minimum absolute atomic E-state index is 0.0568. The highest BCUT2D eigenvalue weighted by molar-refractivity contribution is 5.97. The molecule has 3 aromatic rings. The van der Waals surface area contributed by atoms with Crippen molar-refractivity contribution in [2.24, 2.45) is 29.1 Å². The van der Waals surface area contributed by atoms with E-state index in [4.69, 9.17) is 9.57 Å². The van der Waals surface area contributed by atoms with Crippen molar-refractivity contribution in [3.8, 4) is 16.9 Å². The Morgan fingerprint density at radius 2 is 1.76 bits per heavy atom. The van der Waals surface area contributed by atoms with Gasteiger partial charge in [0, 0.05) is 55.0 Å². The molecule has 5 N–H and O–H groups in total. The molecule has 2 amide bonds. The molecule has 3 aliphatic carbocycles. The van der Waals surface area contributed by atoms with Gasteiger partial charge in [-0.15, -0.1) is 0 Å². The predicted octanol–water partition coefficient (Wildman–Crippen LogP) is 4.62. The summed E-state index contributed by atoms with van der Waals surface area (Å²) in [6.07, 6.45) is -0.886. The maximum Gasteiger partial charge on any atom is 0.251 e. The molecule has 3 aromatic carbocycles. The number of hydroxylamine groups is 2. The molecule has 58 heavy (non-hydrogen) atoms. The molecule has 3 saturated carbocycles. The lowest BCUT2D eigenvalue weighted by atomic mass is 9.45. The maximum absolute atomic E-state index is 16.1. The molecule has 0 radical (unpaired) electrons. The topological polar surface area (TPSA) is 147 Å². The van der Waals surface area contributed by atoms with Gasteiger partial charge in [-0.05, 0) is 98.5 Å². The van der Waals surface area contributed by atoms with E-state index in [1.54, 1.807) is 25.1 Å². The fourth-order valence-electron chi connectivity index (χ4n) is 9.76. The number of ether oxygens (including phenoxy) is 1. The lowest BCUT2D eigenvalue weighted by Gasteiger charge is -2.62. The number of carbonyl (C=O) groups is 2. The van der Waals surface area contributed by atoms with E-state index in [1.807, 2.05) is 74.4 Å². The molecule has 316 valence electrons. The molecule has 4 aliphatic rings. The molecule has 1 aliphatic heterocycles. The highest BCUT2D eigenvalue weighted by atomic mass is 19.1. The zero-order valence-corrected chi connectivity index (χ0v) is 35.3. The molecular weight excluding hydrogens is 742 g/mol. The average molecular weight is 804 g/mol. The molecule has 1 heterocycles. The summed E-state index contributed by atoms with van der Waals surface area (Å²) in [5, 5.41) is 40.3. The summed E-state index contributed by atoms with van der Waals surface area (Å²) >= 11 is 0. The van der Waals surface area contributed by atoms with Gasteiger partial charge in [-0.3, -0.25) is 14.4 Å². The summed E-state index contributed by atoms with van der Waals surface area (Å²) in [5.41, 5.74) is 3.09. The van der Waals surface area contributed by atoms with Crippen LogP contribution in [0, 0.1) is 34.9 Å². The minimum atomic E-state index is -1.03. The number of aliphatic hydroxyl groups excluding tert-OH is 3. The van der Waals surface area contributed by atoms with E-state index in [0.29, 0.717) is 46.3 Å². The van der Waals surface area contributed by atoms with Crippen molar-refractivity contribution in [2.75, 3.05) is 53.4 Å². The largest absolute Gasteiger partial charge is 0.496 e. The van der Waals surface area contributed by atoms with Crippen LogP contribution in [-0.4, -0.2) is 116 Å². The van der Waals surface area contributed by atoms with E-state index in [9.17, 15) is 24.9 Å². The Morgan fingerprint density at radius 3 is 2.34 bits per heavy atom. The van der Waals surface area contributed by atoms with E-state index in [1.165, 1.54) is 18.2 Å². The van der Waals surface area contributed by atoms with Crippen LogP contribution in [0.4, 0.5) is 10.1 Å². The Kier molecular flexibility index (Phi) is 13.2. The Hall–Kier alpha value is -4.11. The lowest BCUT2D eigenvalue weighted by Crippen LogP contribution is -2.62. The van der Waals surface area contributed by atoms with E-state index in [-0.39, 0.29) is 41.1 Å². The second kappa shape index (κ2) is 17.6. The number of anilines is 1. The standard InChI is InChI=1S/C45H62FN5O7/c1-25-34-20-30(45(34,3)4)21-36(25)47-44(56)40-39(26(2)53)38(24-52)58-51(40)22-33-35(46)16-15-32(42(33)57-9)28-17-29(19-31(18-28)50(7)8)43(55)48-37(23-49(5)6)41(54)27-13-11-10-12-14-27/h10-19,25-26,30,34,36-41,52-54H,20-24H2,1-9H3,(H,47,56)(H,48,55)/t25-,26-,30-,34+,36-,37+,38-,39+,40-,41+/m0/s1. The van der Waals surface area contributed by atoms with E-state index >= 15 is 4.39 Å². The molecule has 10 atom stereocenters. The molecule has 4 fully saturated rings. The number of nitrogens with zero attached hydrogens (tertiary/aromatic N) is 3. The monoisotopic (exact) mass is 803 g/mol. The number of likely N-dealkylation sites (N-methyl/N-ethyl adjacent to an activating group) is 1. The average Bonchev–Trinajstić information content (AvgIpc) is 3.57. The summed E-state index contributed by atoms with van der Waals surface area (Å²) < 4.78 is 22.0. The van der Waals surface area contributed by atoms with Gasteiger partial charge < -0.3 is 40.5 Å². The van der Waals surface area contributed by atoms with Crippen LogP contribution < -0.4 is 20.3 Å². The third kappa shape index (κ3) is 8.62. The van der Waals surface area contributed by atoms with E-state index in [2.05, 4.69) is 31.4 Å². The molecule has 0 spiro atoms. The van der Waals surface area contributed by atoms with Crippen LogP contribution >= 0.6 is 0 Å². The van der Waals surface area contributed by atoms with Crippen LogP contribution in [0.2, 0.25) is 0 Å². The summed E-state index contributed by atoms with van der Waals surface area (Å²) in [6.45, 7) is 8.04. The van der Waals surface area contributed by atoms with Gasteiger partial charge in [-0.1, -0.05) is 51.1 Å². The normalized spacial score (nSPS) is 26.7. The predicted molar refractivity (Wildman–Crippen MR) is 221 cm³/mol. The number of methoxy groups -OCH3 is 1. The molecule has 0 unspecified atom stereocenters. The van der Waals surface area contributed by atoms with Crippen molar-refractivity contribution in [1.82, 2.24) is 20.6 Å². The maximum atomic E-state index is 16.1. The number of hydrogen-bond donors (Lipinski definition) is 5. The van der Waals surface area contributed by atoms with Gasteiger partial charge in [0.1, 0.15) is 29.8 Å². The van der Waals surface area contributed by atoms with Crippen molar-refractivity contribution in [2.45, 2.75) is 83.5 Å². The summed E-state index contributed by atoms with van der Waals surface area (Å²) in [5.74, 6) is -0.703. The zero-order chi connectivity index (χ0) is 42.2. The van der Waals surface area contributed by atoms with Crippen molar-refractivity contribution in [1.29, 1.82) is 0 Å². The molecule has 13 heteroatoms. The molecule has 7 rings (SSSR count). The SMILES string of the molecule is COc1c(-c2cc(C(=O)N[C@H](CN(C)C)[C@H](O)c3ccccc3)cc(N(C)C)c2)ccc(F)c1CN1O[C@@H](CO)[C@@H]([C@H](C)O)[C@H]1C(=O)N[C@H]1C[C@@H]2C[C@H]([C@@H]1C)C2(C)C. The third-order valence-electron chi connectivity index (χ3n) is 13.2.